The maximum absolute atomic E-state index is 13.0. The molecule has 4 nitrogen and oxygen atoms in total. The van der Waals surface area contributed by atoms with Crippen molar-refractivity contribution in [1.29, 1.82) is 0 Å². The topological polar surface area (TPSA) is 52.6 Å². The summed E-state index contributed by atoms with van der Waals surface area (Å²) in [6.07, 6.45) is 0.876. The lowest BCUT2D eigenvalue weighted by Gasteiger charge is -2.29. The van der Waals surface area contributed by atoms with Gasteiger partial charge in [0.05, 0.1) is 11.1 Å². The summed E-state index contributed by atoms with van der Waals surface area (Å²) in [4.78, 5) is 26.0. The van der Waals surface area contributed by atoms with Crippen LogP contribution in [0.5, 0.6) is 11.5 Å². The minimum absolute atomic E-state index is 0.0972. The lowest BCUT2D eigenvalue weighted by Crippen LogP contribution is -2.19. The van der Waals surface area contributed by atoms with Gasteiger partial charge in [-0.1, -0.05) is 97.0 Å². The molecular formula is C39H44O4. The van der Waals surface area contributed by atoms with Crippen molar-refractivity contribution in [2.45, 2.75) is 85.5 Å². The summed E-state index contributed by atoms with van der Waals surface area (Å²) in [6.45, 7) is 19.2. The van der Waals surface area contributed by atoms with Crippen molar-refractivity contribution >= 4 is 11.9 Å². The van der Waals surface area contributed by atoms with E-state index in [1.165, 1.54) is 11.1 Å². The van der Waals surface area contributed by atoms with Gasteiger partial charge in [0.25, 0.3) is 0 Å². The van der Waals surface area contributed by atoms with E-state index in [4.69, 9.17) is 9.47 Å². The van der Waals surface area contributed by atoms with Crippen molar-refractivity contribution in [3.63, 3.8) is 0 Å². The summed E-state index contributed by atoms with van der Waals surface area (Å²) in [7, 11) is 0. The van der Waals surface area contributed by atoms with Crippen molar-refractivity contribution in [2.24, 2.45) is 0 Å². The lowest BCUT2D eigenvalue weighted by atomic mass is 9.77. The van der Waals surface area contributed by atoms with Crippen molar-refractivity contribution in [1.82, 2.24) is 0 Å². The number of aryl methyl sites for hydroxylation is 2. The highest BCUT2D eigenvalue weighted by Crippen LogP contribution is 2.43. The zero-order valence-corrected chi connectivity index (χ0v) is 27.0. The molecule has 0 aromatic heterocycles. The number of esters is 2. The molecule has 0 radical (unpaired) electrons. The van der Waals surface area contributed by atoms with Crippen LogP contribution < -0.4 is 9.47 Å². The van der Waals surface area contributed by atoms with E-state index < -0.39 is 0 Å². The van der Waals surface area contributed by atoms with Gasteiger partial charge in [-0.3, -0.25) is 0 Å². The summed E-state index contributed by atoms with van der Waals surface area (Å²) < 4.78 is 12.0. The molecule has 4 rings (SSSR count). The Morgan fingerprint density at radius 1 is 0.605 bits per heavy atom. The number of benzene rings is 4. The third kappa shape index (κ3) is 7.25. The Balaban J connectivity index is 1.79. The third-order valence-electron chi connectivity index (χ3n) is 7.94. The number of ether oxygens (including phenoxy) is 2. The van der Waals surface area contributed by atoms with Crippen LogP contribution in [0.4, 0.5) is 0 Å². The van der Waals surface area contributed by atoms with Crippen LogP contribution in [0.25, 0.3) is 0 Å². The molecule has 0 saturated heterocycles. The maximum Gasteiger partial charge on any atom is 0.343 e. The highest BCUT2D eigenvalue weighted by molar-refractivity contribution is 5.92. The van der Waals surface area contributed by atoms with Gasteiger partial charge in [-0.25, -0.2) is 9.59 Å². The minimum atomic E-state index is -0.364. The van der Waals surface area contributed by atoms with Gasteiger partial charge in [0.15, 0.2) is 0 Å². The Labute approximate surface area is 257 Å². The van der Waals surface area contributed by atoms with E-state index in [0.717, 1.165) is 28.7 Å². The fourth-order valence-corrected chi connectivity index (χ4v) is 5.56. The van der Waals surface area contributed by atoms with Crippen LogP contribution in [0.15, 0.2) is 84.9 Å². The highest BCUT2D eigenvalue weighted by atomic mass is 16.5. The summed E-state index contributed by atoms with van der Waals surface area (Å²) in [5.41, 5.74) is 7.02. The fraction of sp³-hybridized carbons (Fsp3) is 0.333. The highest BCUT2D eigenvalue weighted by Gasteiger charge is 2.29. The normalized spacial score (nSPS) is 11.9. The van der Waals surface area contributed by atoms with Crippen molar-refractivity contribution in [3.05, 3.63) is 129 Å². The molecule has 4 heteroatoms. The molecule has 0 amide bonds. The predicted octanol–water partition coefficient (Wildman–Crippen LogP) is 9.88. The summed E-state index contributed by atoms with van der Waals surface area (Å²) >= 11 is 0. The minimum Gasteiger partial charge on any atom is -0.423 e. The predicted molar refractivity (Wildman–Crippen MR) is 175 cm³/mol. The van der Waals surface area contributed by atoms with E-state index in [1.807, 2.05) is 48.5 Å². The first-order valence-electron chi connectivity index (χ1n) is 15.0. The van der Waals surface area contributed by atoms with Gasteiger partial charge in [0.1, 0.15) is 11.5 Å². The SMILES string of the molecule is CCC(c1cc(C(C)(C)C)c(OC(=O)c2ccccc2)cc1C)c1cc(C(C)(C)C)c(OC(=O)c2ccccc2)cc1C. The standard InChI is InChI=1S/C39H44O4/c1-10-29(30-23-32(38(4,5)6)34(21-25(30)2)42-36(40)27-17-13-11-14-18-27)31-24-33(39(7,8)9)35(22-26(31)3)43-37(41)28-19-15-12-16-20-28/h11-24,29H,10H2,1-9H3. The Morgan fingerprint density at radius 2 is 0.953 bits per heavy atom. The van der Waals surface area contributed by atoms with Crippen molar-refractivity contribution in [3.8, 4) is 11.5 Å². The lowest BCUT2D eigenvalue weighted by molar-refractivity contribution is 0.0722. The average Bonchev–Trinajstić information content (AvgIpc) is 2.95. The first kappa shape index (κ1) is 31.7. The second-order valence-corrected chi connectivity index (χ2v) is 13.4. The van der Waals surface area contributed by atoms with Crippen LogP contribution in [-0.2, 0) is 10.8 Å². The molecule has 0 bridgehead atoms. The third-order valence-corrected chi connectivity index (χ3v) is 7.94. The first-order chi connectivity index (χ1) is 20.2. The van der Waals surface area contributed by atoms with Gasteiger partial charge in [0.2, 0.25) is 0 Å². The Kier molecular flexibility index (Phi) is 9.29. The molecule has 0 saturated carbocycles. The molecule has 43 heavy (non-hydrogen) atoms. The molecule has 0 unspecified atom stereocenters. The van der Waals surface area contributed by atoms with E-state index in [9.17, 15) is 9.59 Å². The van der Waals surface area contributed by atoms with Crippen LogP contribution in [0.2, 0.25) is 0 Å². The molecule has 0 aliphatic rings. The molecule has 4 aromatic carbocycles. The van der Waals surface area contributed by atoms with Gasteiger partial charge in [-0.2, -0.15) is 0 Å². The molecule has 4 aromatic rings. The number of rotatable bonds is 7. The second-order valence-electron chi connectivity index (χ2n) is 13.4. The van der Waals surface area contributed by atoms with Crippen LogP contribution >= 0.6 is 0 Å². The van der Waals surface area contributed by atoms with E-state index in [1.54, 1.807) is 24.3 Å². The smallest absolute Gasteiger partial charge is 0.343 e. The zero-order chi connectivity index (χ0) is 31.5. The molecular weight excluding hydrogens is 532 g/mol. The van der Waals surface area contributed by atoms with E-state index >= 15 is 0 Å². The first-order valence-corrected chi connectivity index (χ1v) is 15.0. The van der Waals surface area contributed by atoms with Gasteiger partial charge >= 0.3 is 11.9 Å². The Morgan fingerprint density at radius 3 is 1.26 bits per heavy atom. The van der Waals surface area contributed by atoms with Crippen molar-refractivity contribution < 1.29 is 19.1 Å². The quantitative estimate of drug-likeness (QED) is 0.162. The summed E-state index contributed by atoms with van der Waals surface area (Å²) in [5, 5.41) is 0. The second kappa shape index (κ2) is 12.6. The zero-order valence-electron chi connectivity index (χ0n) is 27.0. The number of hydrogen-bond acceptors (Lipinski definition) is 4. The van der Waals surface area contributed by atoms with Gasteiger partial charge in [0, 0.05) is 17.0 Å². The number of hydrogen-bond donors (Lipinski definition) is 0. The molecule has 0 aliphatic heterocycles. The largest absolute Gasteiger partial charge is 0.423 e. The Bertz CT molecular complexity index is 1480. The van der Waals surface area contributed by atoms with Crippen LogP contribution in [0, 0.1) is 13.8 Å². The fourth-order valence-electron chi connectivity index (χ4n) is 5.56. The van der Waals surface area contributed by atoms with Crippen LogP contribution in [0.1, 0.15) is 115 Å². The van der Waals surface area contributed by atoms with Gasteiger partial charge in [-0.05, 0) is 89.8 Å². The Hall–Kier alpha value is -4.18. The van der Waals surface area contributed by atoms with Gasteiger partial charge in [-0.15, -0.1) is 0 Å². The molecule has 0 atom stereocenters. The van der Waals surface area contributed by atoms with Crippen molar-refractivity contribution in [2.75, 3.05) is 0 Å². The molecule has 224 valence electrons. The van der Waals surface area contributed by atoms with Crippen LogP contribution in [0.3, 0.4) is 0 Å². The molecule has 0 fully saturated rings. The van der Waals surface area contributed by atoms with E-state index in [2.05, 4.69) is 74.4 Å². The summed E-state index contributed by atoms with van der Waals surface area (Å²) in [6, 6.07) is 26.6. The molecule has 0 heterocycles. The number of carbonyl (C=O) groups is 2. The summed E-state index contributed by atoms with van der Waals surface area (Å²) in [5.74, 6) is 0.550. The molecule has 0 aliphatic carbocycles. The average molecular weight is 577 g/mol. The molecule has 0 N–H and O–H groups in total. The molecule has 0 spiro atoms. The van der Waals surface area contributed by atoms with E-state index in [-0.39, 0.29) is 28.7 Å². The van der Waals surface area contributed by atoms with Crippen LogP contribution in [-0.4, -0.2) is 11.9 Å². The van der Waals surface area contributed by atoms with Gasteiger partial charge < -0.3 is 9.47 Å². The maximum atomic E-state index is 13.0. The number of carbonyl (C=O) groups excluding carboxylic acids is 2. The monoisotopic (exact) mass is 576 g/mol. The van der Waals surface area contributed by atoms with E-state index in [0.29, 0.717) is 22.6 Å².